The Bertz CT molecular complexity index is 688. The summed E-state index contributed by atoms with van der Waals surface area (Å²) in [5.41, 5.74) is 5.81. The zero-order valence-electron chi connectivity index (χ0n) is 13.4. The molecule has 1 aromatic heterocycles. The number of aryl methyl sites for hydroxylation is 4. The molecule has 1 aromatic carbocycles. The predicted octanol–water partition coefficient (Wildman–Crippen LogP) is 3.41. The number of anilines is 1. The Balaban J connectivity index is 1.64. The van der Waals surface area contributed by atoms with Crippen molar-refractivity contribution in [3.63, 3.8) is 0 Å². The molecule has 2 aromatic rings. The molecule has 116 valence electrons. The number of nitrogens with one attached hydrogen (secondary N) is 1. The van der Waals surface area contributed by atoms with Gasteiger partial charge in [0.1, 0.15) is 0 Å². The molecule has 0 radical (unpaired) electrons. The summed E-state index contributed by atoms with van der Waals surface area (Å²) in [6, 6.07) is 8.28. The summed E-state index contributed by atoms with van der Waals surface area (Å²) in [4.78, 5) is 12.2. The van der Waals surface area contributed by atoms with E-state index in [9.17, 15) is 4.79 Å². The van der Waals surface area contributed by atoms with E-state index in [0.717, 1.165) is 29.9 Å². The van der Waals surface area contributed by atoms with Gasteiger partial charge in [-0.1, -0.05) is 12.1 Å². The molecule has 0 bridgehead atoms. The van der Waals surface area contributed by atoms with Crippen molar-refractivity contribution in [2.75, 3.05) is 5.32 Å². The SMILES string of the molecule is Cc1cc(C)n(CCC(=O)Nc2cccc3c2CCCC3)n1. The van der Waals surface area contributed by atoms with Crippen LogP contribution in [0.15, 0.2) is 24.3 Å². The number of hydrogen-bond acceptors (Lipinski definition) is 2. The number of nitrogens with zero attached hydrogens (tertiary/aromatic N) is 2. The summed E-state index contributed by atoms with van der Waals surface area (Å²) in [6.07, 6.45) is 5.12. The fourth-order valence-corrected chi connectivity index (χ4v) is 3.22. The molecule has 0 saturated carbocycles. The number of carbonyl (C=O) groups excluding carboxylic acids is 1. The van der Waals surface area contributed by atoms with E-state index in [-0.39, 0.29) is 5.91 Å². The first-order valence-electron chi connectivity index (χ1n) is 8.05. The van der Waals surface area contributed by atoms with Crippen molar-refractivity contribution < 1.29 is 4.79 Å². The van der Waals surface area contributed by atoms with Crippen LogP contribution in [-0.4, -0.2) is 15.7 Å². The fraction of sp³-hybridized carbons (Fsp3) is 0.444. The third-order valence-electron chi connectivity index (χ3n) is 4.32. The molecular weight excluding hydrogens is 274 g/mol. The molecule has 1 amide bonds. The second-order valence-electron chi connectivity index (χ2n) is 6.10. The van der Waals surface area contributed by atoms with Crippen LogP contribution in [0.25, 0.3) is 0 Å². The standard InChI is InChI=1S/C18H23N3O/c1-13-12-14(2)21(20-13)11-10-18(22)19-17-9-5-7-15-6-3-4-8-16(15)17/h5,7,9,12H,3-4,6,8,10-11H2,1-2H3,(H,19,22). The van der Waals surface area contributed by atoms with Gasteiger partial charge in [-0.2, -0.15) is 5.10 Å². The molecule has 0 saturated heterocycles. The number of carbonyl (C=O) groups is 1. The minimum Gasteiger partial charge on any atom is -0.326 e. The average Bonchev–Trinajstić information content (AvgIpc) is 2.83. The maximum atomic E-state index is 12.2. The highest BCUT2D eigenvalue weighted by Crippen LogP contribution is 2.27. The monoisotopic (exact) mass is 297 g/mol. The quantitative estimate of drug-likeness (QED) is 0.940. The summed E-state index contributed by atoms with van der Waals surface area (Å²) in [6.45, 7) is 4.62. The lowest BCUT2D eigenvalue weighted by atomic mass is 9.90. The topological polar surface area (TPSA) is 46.9 Å². The molecule has 0 spiro atoms. The molecule has 4 heteroatoms. The van der Waals surface area contributed by atoms with Gasteiger partial charge in [0.25, 0.3) is 0 Å². The first kappa shape index (κ1) is 14.8. The molecule has 0 unspecified atom stereocenters. The molecule has 1 heterocycles. The Morgan fingerprint density at radius 3 is 2.86 bits per heavy atom. The van der Waals surface area contributed by atoms with Gasteiger partial charge in [0.15, 0.2) is 0 Å². The minimum atomic E-state index is 0.0616. The van der Waals surface area contributed by atoms with E-state index in [0.29, 0.717) is 13.0 Å². The van der Waals surface area contributed by atoms with Gasteiger partial charge < -0.3 is 5.32 Å². The van der Waals surface area contributed by atoms with Crippen LogP contribution in [0.5, 0.6) is 0 Å². The third kappa shape index (κ3) is 3.21. The molecule has 4 nitrogen and oxygen atoms in total. The summed E-state index contributed by atoms with van der Waals surface area (Å²) < 4.78 is 1.90. The van der Waals surface area contributed by atoms with Crippen LogP contribution in [0.4, 0.5) is 5.69 Å². The molecular formula is C18H23N3O. The van der Waals surface area contributed by atoms with Gasteiger partial charge in [-0.25, -0.2) is 0 Å². The smallest absolute Gasteiger partial charge is 0.226 e. The number of benzene rings is 1. The molecule has 1 aliphatic rings. The van der Waals surface area contributed by atoms with E-state index in [2.05, 4.69) is 16.5 Å². The zero-order chi connectivity index (χ0) is 15.5. The lowest BCUT2D eigenvalue weighted by Crippen LogP contribution is -2.17. The van der Waals surface area contributed by atoms with Gasteiger partial charge in [0.05, 0.1) is 5.69 Å². The highest BCUT2D eigenvalue weighted by atomic mass is 16.1. The van der Waals surface area contributed by atoms with E-state index in [4.69, 9.17) is 0 Å². The van der Waals surface area contributed by atoms with Gasteiger partial charge in [-0.05, 0) is 62.8 Å². The van der Waals surface area contributed by atoms with Crippen molar-refractivity contribution in [1.29, 1.82) is 0 Å². The largest absolute Gasteiger partial charge is 0.326 e. The molecule has 0 aliphatic heterocycles. The highest BCUT2D eigenvalue weighted by Gasteiger charge is 2.14. The van der Waals surface area contributed by atoms with Crippen LogP contribution in [0, 0.1) is 13.8 Å². The van der Waals surface area contributed by atoms with Gasteiger partial charge in [0, 0.05) is 24.3 Å². The Kier molecular flexibility index (Phi) is 4.27. The molecule has 22 heavy (non-hydrogen) atoms. The van der Waals surface area contributed by atoms with Crippen molar-refractivity contribution in [1.82, 2.24) is 9.78 Å². The number of fused-ring (bicyclic) bond motifs is 1. The van der Waals surface area contributed by atoms with Crippen molar-refractivity contribution in [2.45, 2.75) is 52.5 Å². The van der Waals surface area contributed by atoms with E-state index in [1.165, 1.54) is 24.0 Å². The van der Waals surface area contributed by atoms with Gasteiger partial charge in [-0.3, -0.25) is 9.48 Å². The van der Waals surface area contributed by atoms with Crippen molar-refractivity contribution in [3.8, 4) is 0 Å². The van der Waals surface area contributed by atoms with Crippen LogP contribution >= 0.6 is 0 Å². The fourth-order valence-electron chi connectivity index (χ4n) is 3.22. The molecule has 0 fully saturated rings. The predicted molar refractivity (Wildman–Crippen MR) is 88.0 cm³/mol. The van der Waals surface area contributed by atoms with Crippen LogP contribution in [-0.2, 0) is 24.2 Å². The summed E-state index contributed by atoms with van der Waals surface area (Å²) in [5.74, 6) is 0.0616. The third-order valence-corrected chi connectivity index (χ3v) is 4.32. The molecule has 3 rings (SSSR count). The van der Waals surface area contributed by atoms with Gasteiger partial charge in [0.2, 0.25) is 5.91 Å². The Hall–Kier alpha value is -2.10. The van der Waals surface area contributed by atoms with Gasteiger partial charge >= 0.3 is 0 Å². The molecule has 1 aliphatic carbocycles. The van der Waals surface area contributed by atoms with E-state index < -0.39 is 0 Å². The molecule has 1 N–H and O–H groups in total. The number of aromatic nitrogens is 2. The summed E-state index contributed by atoms with van der Waals surface area (Å²) >= 11 is 0. The zero-order valence-corrected chi connectivity index (χ0v) is 13.4. The minimum absolute atomic E-state index is 0.0616. The van der Waals surface area contributed by atoms with Crippen LogP contribution in [0.3, 0.4) is 0 Å². The second kappa shape index (κ2) is 6.34. The van der Waals surface area contributed by atoms with E-state index in [1.54, 1.807) is 0 Å². The second-order valence-corrected chi connectivity index (χ2v) is 6.10. The Morgan fingerprint density at radius 1 is 1.27 bits per heavy atom. The Labute approximate surface area is 131 Å². The number of amides is 1. The lowest BCUT2D eigenvalue weighted by molar-refractivity contribution is -0.116. The first-order chi connectivity index (χ1) is 10.6. The maximum Gasteiger partial charge on any atom is 0.226 e. The maximum absolute atomic E-state index is 12.2. The average molecular weight is 297 g/mol. The van der Waals surface area contributed by atoms with Gasteiger partial charge in [-0.15, -0.1) is 0 Å². The van der Waals surface area contributed by atoms with Crippen LogP contribution in [0.2, 0.25) is 0 Å². The summed E-state index contributed by atoms with van der Waals surface area (Å²) in [5, 5.41) is 7.48. The number of rotatable bonds is 4. The lowest BCUT2D eigenvalue weighted by Gasteiger charge is -2.19. The van der Waals surface area contributed by atoms with Crippen LogP contribution < -0.4 is 5.32 Å². The Morgan fingerprint density at radius 2 is 2.09 bits per heavy atom. The van der Waals surface area contributed by atoms with E-state index >= 15 is 0 Å². The first-order valence-corrected chi connectivity index (χ1v) is 8.05. The van der Waals surface area contributed by atoms with Crippen molar-refractivity contribution in [3.05, 3.63) is 46.8 Å². The van der Waals surface area contributed by atoms with Crippen LogP contribution in [0.1, 0.15) is 41.8 Å². The number of hydrogen-bond donors (Lipinski definition) is 1. The normalized spacial score (nSPS) is 13.7. The van der Waals surface area contributed by atoms with Crippen molar-refractivity contribution >= 4 is 11.6 Å². The van der Waals surface area contributed by atoms with Crippen molar-refractivity contribution in [2.24, 2.45) is 0 Å². The highest BCUT2D eigenvalue weighted by molar-refractivity contribution is 5.91. The van der Waals surface area contributed by atoms with E-state index in [1.807, 2.05) is 36.7 Å². The summed E-state index contributed by atoms with van der Waals surface area (Å²) in [7, 11) is 0. The molecule has 0 atom stereocenters.